The lowest BCUT2D eigenvalue weighted by Crippen LogP contribution is -2.53. The minimum absolute atomic E-state index is 0.0842. The average molecular weight is 570 g/mol. The van der Waals surface area contributed by atoms with E-state index in [0.29, 0.717) is 17.3 Å². The van der Waals surface area contributed by atoms with E-state index < -0.39 is 28.5 Å². The minimum atomic E-state index is -3.82. The molecule has 0 saturated carbocycles. The molecule has 0 fully saturated rings. The van der Waals surface area contributed by atoms with Crippen LogP contribution in [0.5, 0.6) is 0 Å². The molecule has 7 nitrogen and oxygen atoms in total. The molecule has 0 radical (unpaired) electrons. The molecule has 39 heavy (non-hydrogen) atoms. The van der Waals surface area contributed by atoms with Gasteiger partial charge in [0, 0.05) is 24.5 Å². The number of aryl methyl sites for hydroxylation is 1. The number of carbonyl (C=O) groups is 2. The summed E-state index contributed by atoms with van der Waals surface area (Å²) in [4.78, 5) is 29.0. The molecule has 0 heterocycles. The molecule has 2 amide bonds. The van der Waals surface area contributed by atoms with Gasteiger partial charge in [0.05, 0.1) is 11.9 Å². The van der Waals surface area contributed by atoms with Crippen molar-refractivity contribution in [3.63, 3.8) is 0 Å². The van der Waals surface area contributed by atoms with E-state index in [9.17, 15) is 18.0 Å². The maximum absolute atomic E-state index is 14.1. The molecule has 0 bridgehead atoms. The fourth-order valence-electron chi connectivity index (χ4n) is 4.35. The molecule has 0 aliphatic carbocycles. The standard InChI is InChI=1S/C30H36ClN3O4S/c1-5-17-32-30(36)28(19-24-12-7-6-8-13-24)33(20-25-14-10-15-26(31)18-25)29(35)21-34(39(4,37)38)27-16-9-11-22(2)23(27)3/h6-16,18,28H,5,17,19-21H2,1-4H3,(H,32,36). The Morgan fingerprint density at radius 1 is 0.949 bits per heavy atom. The third-order valence-electron chi connectivity index (χ3n) is 6.59. The molecule has 3 rings (SSSR count). The van der Waals surface area contributed by atoms with E-state index >= 15 is 0 Å². The van der Waals surface area contributed by atoms with Gasteiger partial charge < -0.3 is 10.2 Å². The molecule has 0 aromatic heterocycles. The first kappa shape index (κ1) is 30.2. The van der Waals surface area contributed by atoms with Crippen LogP contribution in [0.15, 0.2) is 72.8 Å². The highest BCUT2D eigenvalue weighted by Crippen LogP contribution is 2.26. The van der Waals surface area contributed by atoms with Crippen LogP contribution in [0, 0.1) is 13.8 Å². The van der Waals surface area contributed by atoms with Gasteiger partial charge in [-0.05, 0) is 60.7 Å². The van der Waals surface area contributed by atoms with E-state index in [-0.39, 0.29) is 18.9 Å². The second kappa shape index (κ2) is 13.6. The van der Waals surface area contributed by atoms with E-state index in [1.54, 1.807) is 30.3 Å². The molecular weight excluding hydrogens is 534 g/mol. The van der Waals surface area contributed by atoms with Gasteiger partial charge in [-0.3, -0.25) is 13.9 Å². The predicted octanol–water partition coefficient (Wildman–Crippen LogP) is 4.89. The van der Waals surface area contributed by atoms with Gasteiger partial charge in [-0.1, -0.05) is 73.1 Å². The molecule has 1 atom stereocenters. The average Bonchev–Trinajstić information content (AvgIpc) is 2.89. The number of amides is 2. The van der Waals surface area contributed by atoms with E-state index in [2.05, 4.69) is 5.32 Å². The molecule has 0 saturated heterocycles. The lowest BCUT2D eigenvalue weighted by atomic mass is 10.0. The minimum Gasteiger partial charge on any atom is -0.354 e. The summed E-state index contributed by atoms with van der Waals surface area (Å²) < 4.78 is 27.0. The summed E-state index contributed by atoms with van der Waals surface area (Å²) in [5.41, 5.74) is 3.72. The van der Waals surface area contributed by atoms with E-state index in [1.807, 2.05) is 63.2 Å². The van der Waals surface area contributed by atoms with Gasteiger partial charge in [0.15, 0.2) is 0 Å². The zero-order valence-corrected chi connectivity index (χ0v) is 24.4. The molecule has 1 N–H and O–H groups in total. The number of nitrogens with zero attached hydrogens (tertiary/aromatic N) is 2. The maximum Gasteiger partial charge on any atom is 0.244 e. The van der Waals surface area contributed by atoms with Crippen molar-refractivity contribution in [1.82, 2.24) is 10.2 Å². The van der Waals surface area contributed by atoms with Crippen LogP contribution in [0.25, 0.3) is 0 Å². The molecule has 1 unspecified atom stereocenters. The first-order valence-electron chi connectivity index (χ1n) is 12.9. The fraction of sp³-hybridized carbons (Fsp3) is 0.333. The predicted molar refractivity (Wildman–Crippen MR) is 157 cm³/mol. The topological polar surface area (TPSA) is 86.8 Å². The van der Waals surface area contributed by atoms with Gasteiger partial charge in [0.1, 0.15) is 12.6 Å². The highest BCUT2D eigenvalue weighted by atomic mass is 35.5. The van der Waals surface area contributed by atoms with E-state index in [0.717, 1.165) is 39.2 Å². The maximum atomic E-state index is 14.1. The summed E-state index contributed by atoms with van der Waals surface area (Å²) in [5, 5.41) is 3.43. The van der Waals surface area contributed by atoms with Gasteiger partial charge in [-0.15, -0.1) is 0 Å². The summed E-state index contributed by atoms with van der Waals surface area (Å²) in [7, 11) is -3.82. The molecular formula is C30H36ClN3O4S. The number of halogens is 1. The van der Waals surface area contributed by atoms with Crippen molar-refractivity contribution >= 4 is 39.1 Å². The van der Waals surface area contributed by atoms with E-state index in [4.69, 9.17) is 11.6 Å². The highest BCUT2D eigenvalue weighted by molar-refractivity contribution is 7.92. The zero-order chi connectivity index (χ0) is 28.6. The second-order valence-electron chi connectivity index (χ2n) is 9.64. The first-order valence-corrected chi connectivity index (χ1v) is 15.1. The van der Waals surface area contributed by atoms with Crippen LogP contribution in [0.3, 0.4) is 0 Å². The Labute approximate surface area is 236 Å². The molecule has 0 aliphatic heterocycles. The highest BCUT2D eigenvalue weighted by Gasteiger charge is 2.33. The largest absolute Gasteiger partial charge is 0.354 e. The Morgan fingerprint density at radius 2 is 1.62 bits per heavy atom. The number of hydrogen-bond donors (Lipinski definition) is 1. The summed E-state index contributed by atoms with van der Waals surface area (Å²) in [5.74, 6) is -0.789. The Hall–Kier alpha value is -3.36. The van der Waals surface area contributed by atoms with Crippen molar-refractivity contribution in [1.29, 1.82) is 0 Å². The number of sulfonamides is 1. The Balaban J connectivity index is 2.07. The number of anilines is 1. The third-order valence-corrected chi connectivity index (χ3v) is 7.95. The van der Waals surface area contributed by atoms with Gasteiger partial charge in [0.2, 0.25) is 21.8 Å². The lowest BCUT2D eigenvalue weighted by molar-refractivity contribution is -0.140. The summed E-state index contributed by atoms with van der Waals surface area (Å²) in [6.45, 7) is 5.77. The van der Waals surface area contributed by atoms with Crippen molar-refractivity contribution < 1.29 is 18.0 Å². The van der Waals surface area contributed by atoms with Crippen LogP contribution >= 0.6 is 11.6 Å². The normalized spacial score (nSPS) is 12.0. The van der Waals surface area contributed by atoms with Crippen LogP contribution in [-0.4, -0.2) is 50.5 Å². The van der Waals surface area contributed by atoms with Gasteiger partial charge in [-0.2, -0.15) is 0 Å². The molecule has 0 spiro atoms. The van der Waals surface area contributed by atoms with Gasteiger partial charge in [-0.25, -0.2) is 8.42 Å². The van der Waals surface area contributed by atoms with Gasteiger partial charge >= 0.3 is 0 Å². The molecule has 9 heteroatoms. The van der Waals surface area contributed by atoms with Crippen molar-refractivity contribution in [3.05, 3.63) is 100 Å². The van der Waals surface area contributed by atoms with Crippen LogP contribution in [-0.2, 0) is 32.6 Å². The van der Waals surface area contributed by atoms with Crippen LogP contribution in [0.4, 0.5) is 5.69 Å². The molecule has 208 valence electrons. The number of carbonyl (C=O) groups excluding carboxylic acids is 2. The van der Waals surface area contributed by atoms with Crippen molar-refractivity contribution in [3.8, 4) is 0 Å². The molecule has 3 aromatic rings. The lowest BCUT2D eigenvalue weighted by Gasteiger charge is -2.34. The first-order chi connectivity index (χ1) is 18.5. The van der Waals surface area contributed by atoms with Crippen LogP contribution in [0.2, 0.25) is 5.02 Å². The van der Waals surface area contributed by atoms with Crippen molar-refractivity contribution in [2.24, 2.45) is 0 Å². The van der Waals surface area contributed by atoms with E-state index in [1.165, 1.54) is 4.90 Å². The van der Waals surface area contributed by atoms with Crippen LogP contribution < -0.4 is 9.62 Å². The number of nitrogens with one attached hydrogen (secondary N) is 1. The second-order valence-corrected chi connectivity index (χ2v) is 12.0. The molecule has 3 aromatic carbocycles. The smallest absolute Gasteiger partial charge is 0.244 e. The number of hydrogen-bond acceptors (Lipinski definition) is 4. The van der Waals surface area contributed by atoms with Gasteiger partial charge in [0.25, 0.3) is 0 Å². The fourth-order valence-corrected chi connectivity index (χ4v) is 5.47. The Morgan fingerprint density at radius 3 is 2.26 bits per heavy atom. The zero-order valence-electron chi connectivity index (χ0n) is 22.9. The number of rotatable bonds is 12. The van der Waals surface area contributed by atoms with Crippen LogP contribution in [0.1, 0.15) is 35.6 Å². The van der Waals surface area contributed by atoms with Crippen molar-refractivity contribution in [2.75, 3.05) is 23.7 Å². The number of benzene rings is 3. The Kier molecular flexibility index (Phi) is 10.5. The van der Waals surface area contributed by atoms with Crippen molar-refractivity contribution in [2.45, 2.75) is 46.2 Å². The quantitative estimate of drug-likeness (QED) is 0.336. The summed E-state index contributed by atoms with van der Waals surface area (Å²) >= 11 is 6.23. The third kappa shape index (κ3) is 8.31. The SMILES string of the molecule is CCCNC(=O)C(Cc1ccccc1)N(Cc1cccc(Cl)c1)C(=O)CN(c1cccc(C)c1C)S(C)(=O)=O. The monoisotopic (exact) mass is 569 g/mol. The molecule has 0 aliphatic rings. The summed E-state index contributed by atoms with van der Waals surface area (Å²) in [6.07, 6.45) is 2.09. The Bertz CT molecular complexity index is 1400. The summed E-state index contributed by atoms with van der Waals surface area (Å²) in [6, 6.07) is 21.0.